The molecule has 1 fully saturated rings. The first-order valence-electron chi connectivity index (χ1n) is 8.95. The van der Waals surface area contributed by atoms with Gasteiger partial charge in [-0.05, 0) is 42.0 Å². The summed E-state index contributed by atoms with van der Waals surface area (Å²) < 4.78 is 0. The molecular formula is C21H21N3O2. The quantitative estimate of drug-likeness (QED) is 0.762. The molecular weight excluding hydrogens is 326 g/mol. The summed E-state index contributed by atoms with van der Waals surface area (Å²) in [5.41, 5.74) is 2.31. The van der Waals surface area contributed by atoms with E-state index in [4.69, 9.17) is 0 Å². The first-order chi connectivity index (χ1) is 12.7. The highest BCUT2D eigenvalue weighted by atomic mass is 16.2. The molecule has 26 heavy (non-hydrogen) atoms. The smallest absolute Gasteiger partial charge is 0.268 e. The Balaban J connectivity index is 1.54. The standard InChI is InChI=1S/C21H21N3O2/c25-20-17-9-3-1-7-15(17)13-18(23-20)21(26)22-14-16-8-2-4-10-19(16)24-11-5-6-12-24/h1-4,7-10,13H,5-6,11-12,14H2,(H,22,26)(H,23,25). The molecule has 1 aromatic heterocycles. The van der Waals surface area contributed by atoms with Crippen molar-refractivity contribution in [3.05, 3.63) is 76.2 Å². The number of amides is 1. The van der Waals surface area contributed by atoms with Crippen molar-refractivity contribution in [1.29, 1.82) is 0 Å². The van der Waals surface area contributed by atoms with Crippen LogP contribution in [0.1, 0.15) is 28.9 Å². The van der Waals surface area contributed by atoms with Crippen LogP contribution in [0.4, 0.5) is 5.69 Å². The highest BCUT2D eigenvalue weighted by Gasteiger charge is 2.16. The first kappa shape index (κ1) is 16.4. The monoisotopic (exact) mass is 347 g/mol. The van der Waals surface area contributed by atoms with E-state index < -0.39 is 0 Å². The average molecular weight is 347 g/mol. The Morgan fingerprint density at radius 2 is 1.77 bits per heavy atom. The van der Waals surface area contributed by atoms with Crippen LogP contribution < -0.4 is 15.8 Å². The number of benzene rings is 2. The highest BCUT2D eigenvalue weighted by Crippen LogP contribution is 2.24. The Morgan fingerprint density at radius 1 is 1.04 bits per heavy atom. The summed E-state index contributed by atoms with van der Waals surface area (Å²) in [7, 11) is 0. The Labute approximate surface area is 151 Å². The van der Waals surface area contributed by atoms with Crippen molar-refractivity contribution in [3.63, 3.8) is 0 Å². The van der Waals surface area contributed by atoms with Crippen LogP contribution in [0.2, 0.25) is 0 Å². The summed E-state index contributed by atoms with van der Waals surface area (Å²) in [6.45, 7) is 2.55. The van der Waals surface area contributed by atoms with Gasteiger partial charge in [0.1, 0.15) is 5.69 Å². The minimum Gasteiger partial charge on any atom is -0.371 e. The number of rotatable bonds is 4. The predicted molar refractivity (Wildman–Crippen MR) is 104 cm³/mol. The van der Waals surface area contributed by atoms with Gasteiger partial charge in [0.05, 0.1) is 0 Å². The van der Waals surface area contributed by atoms with Gasteiger partial charge in [-0.2, -0.15) is 0 Å². The number of nitrogens with one attached hydrogen (secondary N) is 2. The van der Waals surface area contributed by atoms with Crippen LogP contribution in [0.3, 0.4) is 0 Å². The van der Waals surface area contributed by atoms with Gasteiger partial charge >= 0.3 is 0 Å². The van der Waals surface area contributed by atoms with Crippen molar-refractivity contribution in [2.45, 2.75) is 19.4 Å². The van der Waals surface area contributed by atoms with E-state index >= 15 is 0 Å². The lowest BCUT2D eigenvalue weighted by Crippen LogP contribution is -2.27. The highest BCUT2D eigenvalue weighted by molar-refractivity contribution is 5.96. The van der Waals surface area contributed by atoms with Crippen LogP contribution in [0.15, 0.2) is 59.4 Å². The largest absolute Gasteiger partial charge is 0.371 e. The molecule has 1 aliphatic rings. The van der Waals surface area contributed by atoms with E-state index in [0.717, 1.165) is 24.0 Å². The Kier molecular flexibility index (Phi) is 4.44. The lowest BCUT2D eigenvalue weighted by molar-refractivity contribution is 0.0946. The maximum absolute atomic E-state index is 12.6. The molecule has 0 saturated carbocycles. The maximum Gasteiger partial charge on any atom is 0.268 e. The summed E-state index contributed by atoms with van der Waals surface area (Å²) in [5, 5.41) is 4.28. The molecule has 0 unspecified atom stereocenters. The molecule has 0 bridgehead atoms. The second kappa shape index (κ2) is 7.04. The molecule has 3 aromatic rings. The van der Waals surface area contributed by atoms with E-state index in [0.29, 0.717) is 11.9 Å². The van der Waals surface area contributed by atoms with E-state index in [2.05, 4.69) is 21.3 Å². The fraction of sp³-hybridized carbons (Fsp3) is 0.238. The molecule has 1 amide bonds. The van der Waals surface area contributed by atoms with Gasteiger partial charge in [-0.25, -0.2) is 0 Å². The zero-order valence-electron chi connectivity index (χ0n) is 14.5. The average Bonchev–Trinajstić information content (AvgIpc) is 3.21. The molecule has 132 valence electrons. The van der Waals surface area contributed by atoms with Crippen molar-refractivity contribution >= 4 is 22.4 Å². The molecule has 1 aliphatic heterocycles. The maximum atomic E-state index is 12.6. The van der Waals surface area contributed by atoms with Crippen LogP contribution in [0.25, 0.3) is 10.8 Å². The molecule has 2 N–H and O–H groups in total. The molecule has 5 nitrogen and oxygen atoms in total. The third-order valence-corrected chi connectivity index (χ3v) is 4.88. The van der Waals surface area contributed by atoms with E-state index in [1.54, 1.807) is 12.1 Å². The molecule has 0 spiro atoms. The van der Waals surface area contributed by atoms with E-state index in [1.165, 1.54) is 18.5 Å². The second-order valence-corrected chi connectivity index (χ2v) is 6.60. The number of carbonyl (C=O) groups is 1. The Hall–Kier alpha value is -3.08. The third-order valence-electron chi connectivity index (χ3n) is 4.88. The van der Waals surface area contributed by atoms with Crippen LogP contribution in [-0.2, 0) is 6.54 Å². The minimum atomic E-state index is -0.274. The van der Waals surface area contributed by atoms with Gasteiger partial charge in [-0.3, -0.25) is 9.59 Å². The number of aromatic nitrogens is 1. The van der Waals surface area contributed by atoms with Crippen molar-refractivity contribution in [3.8, 4) is 0 Å². The normalized spacial score (nSPS) is 13.9. The summed E-state index contributed by atoms with van der Waals surface area (Å²) in [6, 6.07) is 17.1. The Bertz CT molecular complexity index is 1000. The minimum absolute atomic E-state index is 0.245. The molecule has 1 saturated heterocycles. The lowest BCUT2D eigenvalue weighted by Gasteiger charge is -2.21. The molecule has 0 radical (unpaired) electrons. The number of anilines is 1. The fourth-order valence-electron chi connectivity index (χ4n) is 3.53. The first-order valence-corrected chi connectivity index (χ1v) is 8.95. The van der Waals surface area contributed by atoms with Crippen LogP contribution in [0.5, 0.6) is 0 Å². The summed E-state index contributed by atoms with van der Waals surface area (Å²) in [5.74, 6) is -0.274. The lowest BCUT2D eigenvalue weighted by atomic mass is 10.1. The number of para-hydroxylation sites is 1. The molecule has 5 heteroatoms. The number of hydrogen-bond acceptors (Lipinski definition) is 3. The SMILES string of the molecule is O=C(NCc1ccccc1N1CCCC1)c1cc2ccccc2c(=O)[nH]1. The number of nitrogens with zero attached hydrogens (tertiary/aromatic N) is 1. The van der Waals surface area contributed by atoms with Crippen LogP contribution in [0, 0.1) is 0 Å². The number of pyridine rings is 1. The van der Waals surface area contributed by atoms with Gasteiger partial charge in [-0.1, -0.05) is 36.4 Å². The van der Waals surface area contributed by atoms with Crippen molar-refractivity contribution in [2.24, 2.45) is 0 Å². The van der Waals surface area contributed by atoms with Gasteiger partial charge in [-0.15, -0.1) is 0 Å². The van der Waals surface area contributed by atoms with E-state index in [9.17, 15) is 9.59 Å². The second-order valence-electron chi connectivity index (χ2n) is 6.60. The molecule has 2 heterocycles. The number of fused-ring (bicyclic) bond motifs is 1. The van der Waals surface area contributed by atoms with Gasteiger partial charge in [0.2, 0.25) is 0 Å². The molecule has 4 rings (SSSR count). The molecule has 0 atom stereocenters. The fourth-order valence-corrected chi connectivity index (χ4v) is 3.53. The third kappa shape index (κ3) is 3.20. The number of hydrogen-bond donors (Lipinski definition) is 2. The summed E-state index contributed by atoms with van der Waals surface area (Å²) >= 11 is 0. The molecule has 0 aliphatic carbocycles. The Morgan fingerprint density at radius 3 is 2.62 bits per heavy atom. The number of aromatic amines is 1. The molecule has 2 aromatic carbocycles. The van der Waals surface area contributed by atoms with Gasteiger partial charge in [0, 0.05) is 30.7 Å². The topological polar surface area (TPSA) is 65.2 Å². The van der Waals surface area contributed by atoms with Gasteiger partial charge < -0.3 is 15.2 Å². The number of carbonyl (C=O) groups excluding carboxylic acids is 1. The van der Waals surface area contributed by atoms with Crippen LogP contribution >= 0.6 is 0 Å². The van der Waals surface area contributed by atoms with Crippen molar-refractivity contribution in [1.82, 2.24) is 10.3 Å². The van der Waals surface area contributed by atoms with Crippen molar-refractivity contribution in [2.75, 3.05) is 18.0 Å². The van der Waals surface area contributed by atoms with E-state index in [-0.39, 0.29) is 17.2 Å². The van der Waals surface area contributed by atoms with E-state index in [1.807, 2.05) is 36.4 Å². The van der Waals surface area contributed by atoms with Gasteiger partial charge in [0.15, 0.2) is 0 Å². The van der Waals surface area contributed by atoms with Gasteiger partial charge in [0.25, 0.3) is 11.5 Å². The zero-order chi connectivity index (χ0) is 17.9. The predicted octanol–water partition coefficient (Wildman–Crippen LogP) is 3.06. The summed E-state index contributed by atoms with van der Waals surface area (Å²) in [6.07, 6.45) is 2.41. The summed E-state index contributed by atoms with van der Waals surface area (Å²) in [4.78, 5) is 29.8. The van der Waals surface area contributed by atoms with Crippen molar-refractivity contribution < 1.29 is 4.79 Å². The number of H-pyrrole nitrogens is 1. The van der Waals surface area contributed by atoms with Crippen LogP contribution in [-0.4, -0.2) is 24.0 Å². The zero-order valence-corrected chi connectivity index (χ0v) is 14.5.